The Hall–Kier alpha value is -1.34. The lowest BCUT2D eigenvalue weighted by atomic mass is 10.1. The average molecular weight is 262 g/mol. The second-order valence-electron chi connectivity index (χ2n) is 4.60. The van der Waals surface area contributed by atoms with E-state index in [9.17, 15) is 14.7 Å². The minimum absolute atomic E-state index is 0.0245. The van der Waals surface area contributed by atoms with Crippen LogP contribution in [0.5, 0.6) is 0 Å². The van der Waals surface area contributed by atoms with Gasteiger partial charge >= 0.3 is 12.0 Å². The molecule has 106 valence electrons. The zero-order valence-corrected chi connectivity index (χ0v) is 11.0. The summed E-state index contributed by atoms with van der Waals surface area (Å²) < 4.78 is 0. The predicted molar refractivity (Wildman–Crippen MR) is 65.2 cm³/mol. The molecule has 0 saturated heterocycles. The molecule has 0 fully saturated rings. The van der Waals surface area contributed by atoms with Gasteiger partial charge in [-0.15, -0.1) is 0 Å². The van der Waals surface area contributed by atoms with Crippen molar-refractivity contribution in [1.82, 2.24) is 10.2 Å². The average Bonchev–Trinajstić information content (AvgIpc) is 2.26. The first-order valence-corrected chi connectivity index (χ1v) is 5.83. The summed E-state index contributed by atoms with van der Waals surface area (Å²) in [6, 6.07) is -0.536. The van der Waals surface area contributed by atoms with Gasteiger partial charge in [0.25, 0.3) is 0 Å². The number of urea groups is 1. The van der Waals surface area contributed by atoms with Crippen molar-refractivity contribution in [3.63, 3.8) is 0 Å². The van der Waals surface area contributed by atoms with E-state index in [1.54, 1.807) is 0 Å². The Labute approximate surface area is 106 Å². The third-order valence-electron chi connectivity index (χ3n) is 2.49. The van der Waals surface area contributed by atoms with Crippen molar-refractivity contribution in [2.75, 3.05) is 19.7 Å². The van der Waals surface area contributed by atoms with E-state index < -0.39 is 17.6 Å². The van der Waals surface area contributed by atoms with Gasteiger partial charge in [0.2, 0.25) is 0 Å². The van der Waals surface area contributed by atoms with Crippen molar-refractivity contribution in [3.8, 4) is 0 Å². The summed E-state index contributed by atoms with van der Waals surface area (Å²) in [6.07, 6.45) is 0.445. The molecule has 18 heavy (non-hydrogen) atoms. The van der Waals surface area contributed by atoms with Crippen LogP contribution in [0, 0.1) is 0 Å². The highest BCUT2D eigenvalue weighted by Gasteiger charge is 2.31. The fourth-order valence-electron chi connectivity index (χ4n) is 1.26. The first-order chi connectivity index (χ1) is 8.22. The van der Waals surface area contributed by atoms with Gasteiger partial charge in [-0.1, -0.05) is 0 Å². The van der Waals surface area contributed by atoms with Crippen molar-refractivity contribution < 1.29 is 24.9 Å². The quantitative estimate of drug-likeness (QED) is 0.500. The van der Waals surface area contributed by atoms with Crippen LogP contribution in [0.4, 0.5) is 4.79 Å². The molecule has 0 aromatic heterocycles. The number of rotatable bonds is 7. The lowest BCUT2D eigenvalue weighted by Crippen LogP contribution is -2.51. The van der Waals surface area contributed by atoms with E-state index in [-0.39, 0.29) is 19.2 Å². The predicted octanol–water partition coefficient (Wildman–Crippen LogP) is -0.376. The summed E-state index contributed by atoms with van der Waals surface area (Å²) in [5, 5.41) is 29.3. The normalized spacial score (nSPS) is 14.1. The van der Waals surface area contributed by atoms with E-state index in [2.05, 4.69) is 5.32 Å². The maximum atomic E-state index is 11.8. The Morgan fingerprint density at radius 1 is 1.39 bits per heavy atom. The van der Waals surface area contributed by atoms with Crippen molar-refractivity contribution in [3.05, 3.63) is 0 Å². The number of carboxylic acids is 1. The lowest BCUT2D eigenvalue weighted by Gasteiger charge is -2.28. The number of aliphatic hydroxyl groups is 2. The highest BCUT2D eigenvalue weighted by atomic mass is 16.4. The second kappa shape index (κ2) is 7.17. The minimum Gasteiger partial charge on any atom is -0.479 e. The highest BCUT2D eigenvalue weighted by molar-refractivity contribution is 5.79. The SMILES string of the molecule is CC(C)N(CCCO)C(=O)NCC(C)(O)C(=O)O. The topological polar surface area (TPSA) is 110 Å². The summed E-state index contributed by atoms with van der Waals surface area (Å²) in [7, 11) is 0. The fourth-order valence-corrected chi connectivity index (χ4v) is 1.26. The molecule has 0 saturated carbocycles. The van der Waals surface area contributed by atoms with Crippen molar-refractivity contribution >= 4 is 12.0 Å². The van der Waals surface area contributed by atoms with Crippen molar-refractivity contribution in [2.24, 2.45) is 0 Å². The summed E-state index contributed by atoms with van der Waals surface area (Å²) in [5.74, 6) is -1.39. The highest BCUT2D eigenvalue weighted by Crippen LogP contribution is 2.04. The van der Waals surface area contributed by atoms with Crippen molar-refractivity contribution in [2.45, 2.75) is 38.8 Å². The van der Waals surface area contributed by atoms with Gasteiger partial charge in [-0.05, 0) is 27.2 Å². The van der Waals surface area contributed by atoms with E-state index in [0.29, 0.717) is 13.0 Å². The second-order valence-corrected chi connectivity index (χ2v) is 4.60. The third-order valence-corrected chi connectivity index (χ3v) is 2.49. The molecule has 0 heterocycles. The van der Waals surface area contributed by atoms with Crippen LogP contribution in [0.25, 0.3) is 0 Å². The maximum Gasteiger partial charge on any atom is 0.337 e. The monoisotopic (exact) mass is 262 g/mol. The standard InChI is InChI=1S/C11H22N2O5/c1-8(2)13(5-4-6-14)10(17)12-7-11(3,18)9(15)16/h8,14,18H,4-7H2,1-3H3,(H,12,17)(H,15,16). The van der Waals surface area contributed by atoms with Crippen LogP contribution in [0.15, 0.2) is 0 Å². The van der Waals surface area contributed by atoms with Gasteiger partial charge in [0.15, 0.2) is 5.60 Å². The van der Waals surface area contributed by atoms with Crippen LogP contribution in [0.1, 0.15) is 27.2 Å². The lowest BCUT2D eigenvalue weighted by molar-refractivity contribution is -0.155. The number of aliphatic hydroxyl groups excluding tert-OH is 1. The Morgan fingerprint density at radius 2 is 1.94 bits per heavy atom. The number of carbonyl (C=O) groups is 2. The number of aliphatic carboxylic acids is 1. The molecule has 0 radical (unpaired) electrons. The molecule has 4 N–H and O–H groups in total. The number of amides is 2. The summed E-state index contributed by atoms with van der Waals surface area (Å²) in [5.41, 5.74) is -1.99. The third kappa shape index (κ3) is 5.33. The van der Waals surface area contributed by atoms with Gasteiger partial charge in [-0.2, -0.15) is 0 Å². The molecule has 0 rings (SSSR count). The molecular weight excluding hydrogens is 240 g/mol. The van der Waals surface area contributed by atoms with Crippen LogP contribution in [-0.4, -0.2) is 63.6 Å². The van der Waals surface area contributed by atoms with Crippen molar-refractivity contribution in [1.29, 1.82) is 0 Å². The molecule has 0 spiro atoms. The Kier molecular flexibility index (Phi) is 6.64. The molecule has 7 heteroatoms. The van der Waals surface area contributed by atoms with Gasteiger partial charge in [0.05, 0.1) is 6.54 Å². The van der Waals surface area contributed by atoms with Crippen LogP contribution < -0.4 is 5.32 Å². The molecule has 0 aliphatic heterocycles. The molecule has 1 atom stereocenters. The first kappa shape index (κ1) is 16.7. The van der Waals surface area contributed by atoms with E-state index in [0.717, 1.165) is 6.92 Å². The van der Waals surface area contributed by atoms with Gasteiger partial charge in [-0.3, -0.25) is 0 Å². The molecule has 0 aromatic carbocycles. The summed E-state index contributed by atoms with van der Waals surface area (Å²) in [4.78, 5) is 23.9. The van der Waals surface area contributed by atoms with E-state index in [4.69, 9.17) is 10.2 Å². The molecule has 2 amide bonds. The smallest absolute Gasteiger partial charge is 0.337 e. The van der Waals surface area contributed by atoms with Gasteiger partial charge < -0.3 is 25.5 Å². The number of carboxylic acid groups (broad SMARTS) is 1. The maximum absolute atomic E-state index is 11.8. The molecule has 0 aliphatic carbocycles. The molecule has 1 unspecified atom stereocenters. The molecular formula is C11H22N2O5. The van der Waals surface area contributed by atoms with Crippen LogP contribution in [0.2, 0.25) is 0 Å². The fraction of sp³-hybridized carbons (Fsp3) is 0.818. The Bertz CT molecular complexity index is 291. The summed E-state index contributed by atoms with van der Waals surface area (Å²) in [6.45, 7) is 4.71. The first-order valence-electron chi connectivity index (χ1n) is 5.83. The number of carbonyl (C=O) groups excluding carboxylic acids is 1. The zero-order chi connectivity index (χ0) is 14.3. The minimum atomic E-state index is -1.99. The van der Waals surface area contributed by atoms with E-state index in [1.807, 2.05) is 13.8 Å². The molecule has 0 aliphatic rings. The number of nitrogens with one attached hydrogen (secondary N) is 1. The van der Waals surface area contributed by atoms with Crippen LogP contribution in [-0.2, 0) is 4.79 Å². The molecule has 0 aromatic rings. The number of hydrogen-bond donors (Lipinski definition) is 4. The van der Waals surface area contributed by atoms with E-state index >= 15 is 0 Å². The number of hydrogen-bond acceptors (Lipinski definition) is 4. The van der Waals surface area contributed by atoms with Gasteiger partial charge in [0, 0.05) is 19.2 Å². The zero-order valence-electron chi connectivity index (χ0n) is 11.0. The molecule has 0 bridgehead atoms. The van der Waals surface area contributed by atoms with Gasteiger partial charge in [0.1, 0.15) is 0 Å². The van der Waals surface area contributed by atoms with E-state index in [1.165, 1.54) is 4.90 Å². The Balaban J connectivity index is 4.39. The largest absolute Gasteiger partial charge is 0.479 e. The Morgan fingerprint density at radius 3 is 2.33 bits per heavy atom. The molecule has 7 nitrogen and oxygen atoms in total. The number of nitrogens with zero attached hydrogens (tertiary/aromatic N) is 1. The van der Waals surface area contributed by atoms with Gasteiger partial charge in [-0.25, -0.2) is 9.59 Å². The summed E-state index contributed by atoms with van der Waals surface area (Å²) >= 11 is 0. The van der Waals surface area contributed by atoms with Crippen LogP contribution >= 0.6 is 0 Å². The van der Waals surface area contributed by atoms with Crippen LogP contribution in [0.3, 0.4) is 0 Å².